The molecule has 1 fully saturated rings. The van der Waals surface area contributed by atoms with E-state index in [4.69, 9.17) is 5.11 Å². The third-order valence-corrected chi connectivity index (χ3v) is 4.42. The van der Waals surface area contributed by atoms with E-state index >= 15 is 0 Å². The van der Waals surface area contributed by atoms with Crippen molar-refractivity contribution in [2.24, 2.45) is 0 Å². The van der Waals surface area contributed by atoms with Crippen molar-refractivity contribution in [1.82, 2.24) is 0 Å². The largest absolute Gasteiger partial charge is 0.481 e. The molecule has 0 bridgehead atoms. The highest BCUT2D eigenvalue weighted by Crippen LogP contribution is 2.49. The molecule has 1 amide bonds. The van der Waals surface area contributed by atoms with E-state index in [2.05, 4.69) is 5.32 Å². The van der Waals surface area contributed by atoms with Crippen molar-refractivity contribution in [1.29, 1.82) is 0 Å². The Bertz CT molecular complexity index is 749. The average molecular weight is 327 g/mol. The SMILES string of the molecule is O=C(O)CCc1ccc(NC(=O)C2(c3ccc(F)cc3)CC2)cc1. The van der Waals surface area contributed by atoms with Gasteiger partial charge in [-0.3, -0.25) is 9.59 Å². The maximum atomic E-state index is 13.1. The van der Waals surface area contributed by atoms with Crippen LogP contribution in [0.2, 0.25) is 0 Å². The zero-order chi connectivity index (χ0) is 17.2. The number of aliphatic carboxylic acids is 1. The molecule has 0 aromatic heterocycles. The number of aryl methyl sites for hydroxylation is 1. The third kappa shape index (κ3) is 3.45. The van der Waals surface area contributed by atoms with Crippen molar-refractivity contribution in [3.05, 3.63) is 65.5 Å². The van der Waals surface area contributed by atoms with Gasteiger partial charge in [-0.25, -0.2) is 4.39 Å². The van der Waals surface area contributed by atoms with Gasteiger partial charge in [-0.15, -0.1) is 0 Å². The Balaban J connectivity index is 1.66. The topological polar surface area (TPSA) is 66.4 Å². The highest BCUT2D eigenvalue weighted by molar-refractivity contribution is 6.01. The molecule has 0 saturated heterocycles. The number of nitrogens with one attached hydrogen (secondary N) is 1. The Kier molecular flexibility index (Phi) is 4.34. The first-order valence-corrected chi connectivity index (χ1v) is 7.88. The molecule has 24 heavy (non-hydrogen) atoms. The van der Waals surface area contributed by atoms with Crippen molar-refractivity contribution < 1.29 is 19.1 Å². The number of carbonyl (C=O) groups excluding carboxylic acids is 1. The molecule has 3 rings (SSSR count). The summed E-state index contributed by atoms with van der Waals surface area (Å²) in [5.41, 5.74) is 1.86. The zero-order valence-electron chi connectivity index (χ0n) is 13.1. The summed E-state index contributed by atoms with van der Waals surface area (Å²) < 4.78 is 13.1. The van der Waals surface area contributed by atoms with Crippen LogP contribution >= 0.6 is 0 Å². The second-order valence-corrected chi connectivity index (χ2v) is 6.13. The molecule has 1 aliphatic rings. The van der Waals surface area contributed by atoms with Crippen molar-refractivity contribution in [2.75, 3.05) is 5.32 Å². The molecule has 0 heterocycles. The molecule has 2 aromatic carbocycles. The van der Waals surface area contributed by atoms with Crippen LogP contribution in [0.5, 0.6) is 0 Å². The number of carboxylic acids is 1. The fourth-order valence-electron chi connectivity index (χ4n) is 2.80. The number of anilines is 1. The number of halogens is 1. The Morgan fingerprint density at radius 3 is 2.21 bits per heavy atom. The second kappa shape index (κ2) is 6.43. The Labute approximate surface area is 139 Å². The lowest BCUT2D eigenvalue weighted by Gasteiger charge is -2.16. The lowest BCUT2D eigenvalue weighted by Crippen LogP contribution is -2.27. The van der Waals surface area contributed by atoms with Crippen molar-refractivity contribution in [2.45, 2.75) is 31.1 Å². The van der Waals surface area contributed by atoms with Crippen LogP contribution < -0.4 is 5.32 Å². The van der Waals surface area contributed by atoms with Gasteiger partial charge in [-0.2, -0.15) is 0 Å². The molecule has 1 aliphatic carbocycles. The number of hydrogen-bond donors (Lipinski definition) is 2. The van der Waals surface area contributed by atoms with Crippen LogP contribution in [-0.4, -0.2) is 17.0 Å². The van der Waals surface area contributed by atoms with Crippen molar-refractivity contribution >= 4 is 17.6 Å². The van der Waals surface area contributed by atoms with Gasteiger partial charge in [0.2, 0.25) is 5.91 Å². The van der Waals surface area contributed by atoms with Gasteiger partial charge in [-0.1, -0.05) is 24.3 Å². The Morgan fingerprint density at radius 1 is 1.04 bits per heavy atom. The molecular weight excluding hydrogens is 309 g/mol. The van der Waals surface area contributed by atoms with E-state index in [-0.39, 0.29) is 18.1 Å². The van der Waals surface area contributed by atoms with Gasteiger partial charge in [0.15, 0.2) is 0 Å². The smallest absolute Gasteiger partial charge is 0.303 e. The maximum Gasteiger partial charge on any atom is 0.303 e. The summed E-state index contributed by atoms with van der Waals surface area (Å²) in [6.45, 7) is 0. The van der Waals surface area contributed by atoms with Crippen LogP contribution in [0.3, 0.4) is 0 Å². The van der Waals surface area contributed by atoms with Crippen LogP contribution in [0.4, 0.5) is 10.1 Å². The number of benzene rings is 2. The number of carboxylic acid groups (broad SMARTS) is 1. The number of hydrogen-bond acceptors (Lipinski definition) is 2. The van der Waals surface area contributed by atoms with Gasteiger partial charge >= 0.3 is 5.97 Å². The molecule has 2 aromatic rings. The van der Waals surface area contributed by atoms with E-state index < -0.39 is 11.4 Å². The van der Waals surface area contributed by atoms with E-state index in [0.29, 0.717) is 12.1 Å². The average Bonchev–Trinajstić information content (AvgIpc) is 3.37. The lowest BCUT2D eigenvalue weighted by atomic mass is 9.95. The molecule has 2 N–H and O–H groups in total. The van der Waals surface area contributed by atoms with Gasteiger partial charge in [0, 0.05) is 12.1 Å². The molecule has 0 atom stereocenters. The predicted octanol–water partition coefficient (Wildman–Crippen LogP) is 3.51. The molecule has 0 spiro atoms. The Hall–Kier alpha value is -2.69. The minimum absolute atomic E-state index is 0.0827. The summed E-state index contributed by atoms with van der Waals surface area (Å²) in [4.78, 5) is 23.2. The molecule has 5 heteroatoms. The minimum atomic E-state index is -0.831. The quantitative estimate of drug-likeness (QED) is 0.853. The van der Waals surface area contributed by atoms with E-state index in [1.807, 2.05) is 12.1 Å². The minimum Gasteiger partial charge on any atom is -0.481 e. The first-order chi connectivity index (χ1) is 11.5. The first kappa shape index (κ1) is 16.2. The fraction of sp³-hybridized carbons (Fsp3) is 0.263. The zero-order valence-corrected chi connectivity index (χ0v) is 13.1. The molecule has 0 radical (unpaired) electrons. The highest BCUT2D eigenvalue weighted by Gasteiger charge is 2.51. The molecule has 4 nitrogen and oxygen atoms in total. The molecule has 0 aliphatic heterocycles. The van der Waals surface area contributed by atoms with Crippen LogP contribution in [-0.2, 0) is 21.4 Å². The lowest BCUT2D eigenvalue weighted by molar-refractivity contribution is -0.137. The van der Waals surface area contributed by atoms with E-state index in [0.717, 1.165) is 24.0 Å². The number of rotatable bonds is 6. The summed E-state index contributed by atoms with van der Waals surface area (Å²) >= 11 is 0. The van der Waals surface area contributed by atoms with Crippen LogP contribution in [0, 0.1) is 5.82 Å². The Morgan fingerprint density at radius 2 is 1.67 bits per heavy atom. The molecule has 0 unspecified atom stereocenters. The summed E-state index contributed by atoms with van der Waals surface area (Å²) in [6.07, 6.45) is 2.05. The van der Waals surface area contributed by atoms with Crippen LogP contribution in [0.25, 0.3) is 0 Å². The predicted molar refractivity (Wildman–Crippen MR) is 88.3 cm³/mol. The summed E-state index contributed by atoms with van der Waals surface area (Å²) in [6, 6.07) is 13.3. The fourth-order valence-corrected chi connectivity index (χ4v) is 2.80. The summed E-state index contributed by atoms with van der Waals surface area (Å²) in [5.74, 6) is -1.23. The van der Waals surface area contributed by atoms with Gasteiger partial charge < -0.3 is 10.4 Å². The first-order valence-electron chi connectivity index (χ1n) is 7.88. The van der Waals surface area contributed by atoms with Gasteiger partial charge in [-0.05, 0) is 54.7 Å². The summed E-state index contributed by atoms with van der Waals surface area (Å²) in [5, 5.41) is 11.6. The number of carbonyl (C=O) groups is 2. The van der Waals surface area contributed by atoms with Gasteiger partial charge in [0.05, 0.1) is 5.41 Å². The highest BCUT2D eigenvalue weighted by atomic mass is 19.1. The maximum absolute atomic E-state index is 13.1. The second-order valence-electron chi connectivity index (χ2n) is 6.13. The van der Waals surface area contributed by atoms with Crippen LogP contribution in [0.15, 0.2) is 48.5 Å². The summed E-state index contributed by atoms with van der Waals surface area (Å²) in [7, 11) is 0. The monoisotopic (exact) mass is 327 g/mol. The van der Waals surface area contributed by atoms with E-state index in [1.54, 1.807) is 24.3 Å². The van der Waals surface area contributed by atoms with Gasteiger partial charge in [0.25, 0.3) is 0 Å². The van der Waals surface area contributed by atoms with Crippen molar-refractivity contribution in [3.63, 3.8) is 0 Å². The third-order valence-electron chi connectivity index (χ3n) is 4.42. The normalized spacial score (nSPS) is 14.9. The number of amides is 1. The molecular formula is C19H18FNO3. The molecule has 1 saturated carbocycles. The van der Waals surface area contributed by atoms with Crippen molar-refractivity contribution in [3.8, 4) is 0 Å². The van der Waals surface area contributed by atoms with Crippen LogP contribution in [0.1, 0.15) is 30.4 Å². The van der Waals surface area contributed by atoms with E-state index in [1.165, 1.54) is 12.1 Å². The standard InChI is InChI=1S/C19H18FNO3/c20-15-6-4-14(5-7-15)19(11-12-19)18(24)21-16-8-1-13(2-9-16)3-10-17(22)23/h1-2,4-9H,3,10-12H2,(H,21,24)(H,22,23). The van der Waals surface area contributed by atoms with Gasteiger partial charge in [0.1, 0.15) is 5.82 Å². The van der Waals surface area contributed by atoms with E-state index in [9.17, 15) is 14.0 Å². The molecule has 124 valence electrons.